The summed E-state index contributed by atoms with van der Waals surface area (Å²) >= 11 is 0. The highest BCUT2D eigenvalue weighted by molar-refractivity contribution is 7.85. The monoisotopic (exact) mass is 375 g/mol. The molecular formula is C19H29N5OS. The van der Waals surface area contributed by atoms with Crippen molar-refractivity contribution in [1.29, 1.82) is 0 Å². The van der Waals surface area contributed by atoms with E-state index in [1.165, 1.54) is 5.56 Å². The summed E-state index contributed by atoms with van der Waals surface area (Å²) in [5.41, 5.74) is 2.31. The topological polar surface area (TPSA) is 62.5 Å². The quantitative estimate of drug-likeness (QED) is 0.596. The number of rotatable bonds is 7. The Balaban J connectivity index is 1.91. The van der Waals surface area contributed by atoms with Gasteiger partial charge in [0.2, 0.25) is 0 Å². The van der Waals surface area contributed by atoms with E-state index in [0.29, 0.717) is 18.2 Å². The normalized spacial score (nSPS) is 13.1. The second-order valence-corrected chi connectivity index (χ2v) is 8.13. The van der Waals surface area contributed by atoms with Gasteiger partial charge in [-0.3, -0.25) is 13.9 Å². The Morgan fingerprint density at radius 3 is 2.65 bits per heavy atom. The molecule has 2 aromatic rings. The van der Waals surface area contributed by atoms with Crippen LogP contribution in [-0.2, 0) is 24.4 Å². The molecule has 0 aliphatic heterocycles. The molecule has 1 atom stereocenters. The zero-order chi connectivity index (χ0) is 19.1. The highest BCUT2D eigenvalue weighted by Gasteiger charge is 2.15. The molecule has 0 spiro atoms. The Bertz CT molecular complexity index is 755. The van der Waals surface area contributed by atoms with Gasteiger partial charge in [0.05, 0.1) is 16.5 Å². The molecule has 1 unspecified atom stereocenters. The van der Waals surface area contributed by atoms with E-state index in [9.17, 15) is 4.21 Å². The number of hydrogen-bond acceptors (Lipinski definition) is 3. The van der Waals surface area contributed by atoms with E-state index in [1.54, 1.807) is 7.05 Å². The molecule has 0 aliphatic rings. The van der Waals surface area contributed by atoms with Crippen LogP contribution in [0.4, 0.5) is 0 Å². The van der Waals surface area contributed by atoms with Crippen LogP contribution in [0.25, 0.3) is 0 Å². The summed E-state index contributed by atoms with van der Waals surface area (Å²) in [7, 11) is 4.70. The van der Waals surface area contributed by atoms with Crippen LogP contribution in [0.3, 0.4) is 0 Å². The van der Waals surface area contributed by atoms with Crippen molar-refractivity contribution in [2.24, 2.45) is 12.0 Å². The van der Waals surface area contributed by atoms with Crippen LogP contribution >= 0.6 is 0 Å². The van der Waals surface area contributed by atoms with Gasteiger partial charge in [-0.15, -0.1) is 0 Å². The van der Waals surface area contributed by atoms with Gasteiger partial charge >= 0.3 is 0 Å². The van der Waals surface area contributed by atoms with E-state index in [0.717, 1.165) is 23.1 Å². The SMILES string of the molecule is CN=C(NCCS(=O)c1ccccc1)N(C)Cc1cn(C)nc1C(C)C. The van der Waals surface area contributed by atoms with Crippen molar-refractivity contribution < 1.29 is 4.21 Å². The first-order chi connectivity index (χ1) is 12.4. The van der Waals surface area contributed by atoms with Crippen LogP contribution in [0.5, 0.6) is 0 Å². The van der Waals surface area contributed by atoms with Gasteiger partial charge in [-0.05, 0) is 18.1 Å². The molecule has 26 heavy (non-hydrogen) atoms. The van der Waals surface area contributed by atoms with Crippen LogP contribution in [0.1, 0.15) is 31.0 Å². The molecular weight excluding hydrogens is 346 g/mol. The lowest BCUT2D eigenvalue weighted by Crippen LogP contribution is -2.40. The van der Waals surface area contributed by atoms with Crippen LogP contribution in [0, 0.1) is 0 Å². The third-order valence-electron chi connectivity index (χ3n) is 4.04. The van der Waals surface area contributed by atoms with Gasteiger partial charge in [-0.1, -0.05) is 32.0 Å². The third-order valence-corrected chi connectivity index (χ3v) is 5.41. The highest BCUT2D eigenvalue weighted by Crippen LogP contribution is 2.18. The first-order valence-electron chi connectivity index (χ1n) is 8.80. The van der Waals surface area contributed by atoms with Crippen molar-refractivity contribution in [1.82, 2.24) is 20.0 Å². The minimum absolute atomic E-state index is 0.378. The second-order valence-electron chi connectivity index (χ2n) is 6.56. The fraction of sp³-hybridized carbons (Fsp3) is 0.474. The van der Waals surface area contributed by atoms with E-state index in [1.807, 2.05) is 49.1 Å². The van der Waals surface area contributed by atoms with E-state index in [4.69, 9.17) is 0 Å². The molecule has 0 aliphatic carbocycles. The lowest BCUT2D eigenvalue weighted by molar-refractivity contribution is 0.475. The first kappa shape index (κ1) is 20.2. The Kier molecular flexibility index (Phi) is 7.38. The van der Waals surface area contributed by atoms with Crippen LogP contribution in [0.15, 0.2) is 46.4 Å². The summed E-state index contributed by atoms with van der Waals surface area (Å²) in [6, 6.07) is 9.54. The summed E-state index contributed by atoms with van der Waals surface area (Å²) < 4.78 is 14.2. The minimum Gasteiger partial charge on any atom is -0.355 e. The van der Waals surface area contributed by atoms with Crippen molar-refractivity contribution in [3.05, 3.63) is 47.8 Å². The Morgan fingerprint density at radius 2 is 2.04 bits per heavy atom. The Morgan fingerprint density at radius 1 is 1.35 bits per heavy atom. The molecule has 0 amide bonds. The zero-order valence-corrected chi connectivity index (χ0v) is 17.1. The van der Waals surface area contributed by atoms with Gasteiger partial charge in [0.25, 0.3) is 0 Å². The second kappa shape index (κ2) is 9.52. The lowest BCUT2D eigenvalue weighted by atomic mass is 10.1. The molecule has 0 radical (unpaired) electrons. The Labute approximate surface area is 158 Å². The molecule has 0 saturated carbocycles. The van der Waals surface area contributed by atoms with E-state index in [-0.39, 0.29) is 0 Å². The third kappa shape index (κ3) is 5.42. The van der Waals surface area contributed by atoms with Crippen molar-refractivity contribution >= 4 is 16.8 Å². The molecule has 0 fully saturated rings. The van der Waals surface area contributed by atoms with Crippen molar-refractivity contribution in [2.45, 2.75) is 31.2 Å². The fourth-order valence-corrected chi connectivity index (χ4v) is 3.81. The largest absolute Gasteiger partial charge is 0.355 e. The zero-order valence-electron chi connectivity index (χ0n) is 16.3. The van der Waals surface area contributed by atoms with Gasteiger partial charge in [-0.25, -0.2) is 0 Å². The van der Waals surface area contributed by atoms with Crippen LogP contribution < -0.4 is 5.32 Å². The number of nitrogens with zero attached hydrogens (tertiary/aromatic N) is 4. The smallest absolute Gasteiger partial charge is 0.193 e. The number of aromatic nitrogens is 2. The number of guanidine groups is 1. The maximum Gasteiger partial charge on any atom is 0.193 e. The number of hydrogen-bond donors (Lipinski definition) is 1. The molecule has 0 bridgehead atoms. The average Bonchev–Trinajstić information content (AvgIpc) is 2.99. The summed E-state index contributed by atoms with van der Waals surface area (Å²) in [4.78, 5) is 7.26. The van der Waals surface area contributed by atoms with Crippen molar-refractivity contribution in [2.75, 3.05) is 26.4 Å². The molecule has 1 heterocycles. The summed E-state index contributed by atoms with van der Waals surface area (Å²) in [5, 5.41) is 7.86. The standard InChI is InChI=1S/C19H29N5OS/c1-15(2)18-16(14-24(5)22-18)13-23(4)19(20-3)21-11-12-26(25)17-9-7-6-8-10-17/h6-10,14-15H,11-13H2,1-5H3,(H,20,21). The minimum atomic E-state index is -1.01. The number of aliphatic imine (C=N–C) groups is 1. The molecule has 142 valence electrons. The molecule has 1 aromatic carbocycles. The van der Waals surface area contributed by atoms with E-state index >= 15 is 0 Å². The highest BCUT2D eigenvalue weighted by atomic mass is 32.2. The molecule has 2 rings (SSSR count). The molecule has 6 nitrogen and oxygen atoms in total. The Hall–Kier alpha value is -2.15. The number of nitrogens with one attached hydrogen (secondary N) is 1. The summed E-state index contributed by atoms with van der Waals surface area (Å²) in [6.45, 7) is 5.63. The van der Waals surface area contributed by atoms with Gasteiger partial charge in [0.1, 0.15) is 0 Å². The molecule has 7 heteroatoms. The molecule has 1 N–H and O–H groups in total. The van der Waals surface area contributed by atoms with Crippen molar-refractivity contribution in [3.63, 3.8) is 0 Å². The molecule has 0 saturated heterocycles. The lowest BCUT2D eigenvalue weighted by Gasteiger charge is -2.22. The predicted molar refractivity (Wildman–Crippen MR) is 108 cm³/mol. The number of aryl methyl sites for hydroxylation is 1. The first-order valence-corrected chi connectivity index (χ1v) is 10.1. The van der Waals surface area contributed by atoms with Gasteiger partial charge in [0, 0.05) is 56.6 Å². The average molecular weight is 376 g/mol. The van der Waals surface area contributed by atoms with Gasteiger partial charge in [0.15, 0.2) is 5.96 Å². The maximum absolute atomic E-state index is 12.3. The van der Waals surface area contributed by atoms with Crippen LogP contribution in [-0.4, -0.2) is 51.2 Å². The van der Waals surface area contributed by atoms with Crippen LogP contribution in [0.2, 0.25) is 0 Å². The van der Waals surface area contributed by atoms with E-state index in [2.05, 4.69) is 40.4 Å². The molecule has 1 aromatic heterocycles. The summed E-state index contributed by atoms with van der Waals surface area (Å²) in [6.07, 6.45) is 2.06. The van der Waals surface area contributed by atoms with Gasteiger partial charge in [-0.2, -0.15) is 5.10 Å². The number of benzene rings is 1. The maximum atomic E-state index is 12.3. The summed E-state index contributed by atoms with van der Waals surface area (Å²) in [5.74, 6) is 1.71. The van der Waals surface area contributed by atoms with Gasteiger partial charge < -0.3 is 10.2 Å². The predicted octanol–water partition coefficient (Wildman–Crippen LogP) is 2.36. The van der Waals surface area contributed by atoms with E-state index < -0.39 is 10.8 Å². The van der Waals surface area contributed by atoms with Crippen molar-refractivity contribution in [3.8, 4) is 0 Å². The fourth-order valence-electron chi connectivity index (χ4n) is 2.82.